The van der Waals surface area contributed by atoms with Crippen LogP contribution in [0.15, 0.2) is 54.6 Å². The van der Waals surface area contributed by atoms with Crippen molar-refractivity contribution in [3.8, 4) is 0 Å². The standard InChI is InChI=1S/C20H19NO3/c1-13-15-10-6-7-11-17(15)21-18(13)16(14-8-4-3-5-9-14)12-20(21,23)19(22)24-2/h3-11,16,23H,12H2,1-2H3. The predicted octanol–water partition coefficient (Wildman–Crippen LogP) is 3.30. The average molecular weight is 321 g/mol. The topological polar surface area (TPSA) is 51.5 Å². The molecule has 2 atom stereocenters. The van der Waals surface area contributed by atoms with E-state index in [4.69, 9.17) is 4.74 Å². The molecule has 4 nitrogen and oxygen atoms in total. The Labute approximate surface area is 140 Å². The molecule has 1 aromatic heterocycles. The van der Waals surface area contributed by atoms with Crippen LogP contribution in [0.25, 0.3) is 10.9 Å². The van der Waals surface area contributed by atoms with Crippen molar-refractivity contribution in [3.05, 3.63) is 71.4 Å². The molecule has 0 fully saturated rings. The number of benzene rings is 2. The zero-order chi connectivity index (χ0) is 16.9. The zero-order valence-electron chi connectivity index (χ0n) is 13.7. The van der Waals surface area contributed by atoms with E-state index in [-0.39, 0.29) is 12.3 Å². The first-order chi connectivity index (χ1) is 11.6. The number of aryl methyl sites for hydroxylation is 1. The van der Waals surface area contributed by atoms with Crippen LogP contribution in [-0.4, -0.2) is 22.8 Å². The Balaban J connectivity index is 2.04. The van der Waals surface area contributed by atoms with Crippen molar-refractivity contribution in [2.24, 2.45) is 0 Å². The van der Waals surface area contributed by atoms with Gasteiger partial charge in [0, 0.05) is 23.4 Å². The quantitative estimate of drug-likeness (QED) is 0.737. The van der Waals surface area contributed by atoms with E-state index < -0.39 is 11.7 Å². The molecule has 2 unspecified atom stereocenters. The number of ether oxygens (including phenoxy) is 1. The monoisotopic (exact) mass is 321 g/mol. The van der Waals surface area contributed by atoms with Crippen LogP contribution in [0.1, 0.15) is 29.2 Å². The Morgan fingerprint density at radius 2 is 1.83 bits per heavy atom. The second-order valence-electron chi connectivity index (χ2n) is 6.34. The Kier molecular flexibility index (Phi) is 3.25. The predicted molar refractivity (Wildman–Crippen MR) is 91.8 cm³/mol. The maximum Gasteiger partial charge on any atom is 0.359 e. The Bertz CT molecular complexity index is 929. The van der Waals surface area contributed by atoms with Gasteiger partial charge in [0.2, 0.25) is 5.72 Å². The van der Waals surface area contributed by atoms with Gasteiger partial charge in [-0.05, 0) is 24.1 Å². The summed E-state index contributed by atoms with van der Waals surface area (Å²) in [4.78, 5) is 12.4. The van der Waals surface area contributed by atoms with Gasteiger partial charge in [-0.1, -0.05) is 48.5 Å². The Hall–Kier alpha value is -2.59. The van der Waals surface area contributed by atoms with Gasteiger partial charge in [-0.15, -0.1) is 0 Å². The lowest BCUT2D eigenvalue weighted by atomic mass is 9.89. The fourth-order valence-electron chi connectivity index (χ4n) is 4.01. The van der Waals surface area contributed by atoms with Crippen molar-refractivity contribution in [2.45, 2.75) is 25.0 Å². The fraction of sp³-hybridized carbons (Fsp3) is 0.250. The molecule has 0 bridgehead atoms. The summed E-state index contributed by atoms with van der Waals surface area (Å²) in [7, 11) is 1.31. The van der Waals surface area contributed by atoms with E-state index in [1.165, 1.54) is 7.11 Å². The van der Waals surface area contributed by atoms with E-state index >= 15 is 0 Å². The lowest BCUT2D eigenvalue weighted by molar-refractivity contribution is -0.172. The van der Waals surface area contributed by atoms with Crippen LogP contribution >= 0.6 is 0 Å². The summed E-state index contributed by atoms with van der Waals surface area (Å²) in [6, 6.07) is 17.9. The lowest BCUT2D eigenvalue weighted by Crippen LogP contribution is -2.40. The molecular formula is C20H19NO3. The highest BCUT2D eigenvalue weighted by molar-refractivity contribution is 5.90. The largest absolute Gasteiger partial charge is 0.465 e. The van der Waals surface area contributed by atoms with Crippen LogP contribution in [0.2, 0.25) is 0 Å². The van der Waals surface area contributed by atoms with Gasteiger partial charge in [-0.2, -0.15) is 0 Å². The summed E-state index contributed by atoms with van der Waals surface area (Å²) in [5, 5.41) is 12.3. The van der Waals surface area contributed by atoms with E-state index in [9.17, 15) is 9.90 Å². The van der Waals surface area contributed by atoms with Gasteiger partial charge in [0.1, 0.15) is 0 Å². The van der Waals surface area contributed by atoms with Gasteiger partial charge in [-0.3, -0.25) is 0 Å². The van der Waals surface area contributed by atoms with Crippen LogP contribution in [0, 0.1) is 6.92 Å². The van der Waals surface area contributed by atoms with E-state index in [0.29, 0.717) is 0 Å². The number of carbonyl (C=O) groups excluding carboxylic acids is 1. The molecule has 4 rings (SSSR count). The molecule has 3 aromatic rings. The maximum atomic E-state index is 12.4. The molecule has 0 radical (unpaired) electrons. The minimum atomic E-state index is -1.68. The van der Waals surface area contributed by atoms with E-state index in [2.05, 4.69) is 0 Å². The minimum Gasteiger partial charge on any atom is -0.465 e. The van der Waals surface area contributed by atoms with Gasteiger partial charge in [0.05, 0.1) is 12.6 Å². The molecule has 0 amide bonds. The summed E-state index contributed by atoms with van der Waals surface area (Å²) in [6.07, 6.45) is 0.282. The highest BCUT2D eigenvalue weighted by Gasteiger charge is 2.51. The number of para-hydroxylation sites is 1. The second-order valence-corrected chi connectivity index (χ2v) is 6.34. The summed E-state index contributed by atoms with van der Waals surface area (Å²) in [6.45, 7) is 2.05. The normalized spacial score (nSPS) is 22.5. The third kappa shape index (κ3) is 1.86. The third-order valence-electron chi connectivity index (χ3n) is 5.08. The number of methoxy groups -OCH3 is 1. The van der Waals surface area contributed by atoms with Crippen molar-refractivity contribution in [3.63, 3.8) is 0 Å². The number of carbonyl (C=O) groups is 1. The van der Waals surface area contributed by atoms with Crippen molar-refractivity contribution in [1.29, 1.82) is 0 Å². The van der Waals surface area contributed by atoms with Crippen LogP contribution in [-0.2, 0) is 15.3 Å². The molecule has 0 saturated heterocycles. The highest BCUT2D eigenvalue weighted by Crippen LogP contribution is 2.48. The summed E-state index contributed by atoms with van der Waals surface area (Å²) in [5.41, 5.74) is 2.34. The van der Waals surface area contributed by atoms with E-state index in [0.717, 1.165) is 27.7 Å². The number of aliphatic hydroxyl groups is 1. The molecule has 1 aliphatic rings. The van der Waals surface area contributed by atoms with E-state index in [1.807, 2.05) is 61.5 Å². The molecular weight excluding hydrogens is 302 g/mol. The van der Waals surface area contributed by atoms with E-state index in [1.54, 1.807) is 4.57 Å². The molecule has 1 aliphatic heterocycles. The van der Waals surface area contributed by atoms with Gasteiger partial charge < -0.3 is 14.4 Å². The highest BCUT2D eigenvalue weighted by atomic mass is 16.5. The summed E-state index contributed by atoms with van der Waals surface area (Å²) in [5.74, 6) is -0.675. The van der Waals surface area contributed by atoms with Crippen molar-refractivity contribution in [2.75, 3.05) is 7.11 Å². The Morgan fingerprint density at radius 1 is 1.17 bits per heavy atom. The van der Waals surface area contributed by atoms with Crippen LogP contribution in [0.5, 0.6) is 0 Å². The number of rotatable bonds is 2. The van der Waals surface area contributed by atoms with Crippen LogP contribution in [0.3, 0.4) is 0 Å². The van der Waals surface area contributed by atoms with Crippen molar-refractivity contribution < 1.29 is 14.6 Å². The van der Waals surface area contributed by atoms with Crippen molar-refractivity contribution in [1.82, 2.24) is 4.57 Å². The molecule has 122 valence electrons. The SMILES string of the molecule is COC(=O)C1(O)CC(c2ccccc2)c2c(C)c3ccccc3n21. The number of esters is 1. The molecule has 2 aromatic carbocycles. The average Bonchev–Trinajstić information content (AvgIpc) is 3.11. The fourth-order valence-corrected chi connectivity index (χ4v) is 4.01. The zero-order valence-corrected chi connectivity index (χ0v) is 13.7. The first-order valence-corrected chi connectivity index (χ1v) is 8.04. The third-order valence-corrected chi connectivity index (χ3v) is 5.08. The molecule has 0 spiro atoms. The second kappa shape index (κ2) is 5.21. The molecule has 2 heterocycles. The number of nitrogens with zero attached hydrogens (tertiary/aromatic N) is 1. The van der Waals surface area contributed by atoms with Gasteiger partial charge in [-0.25, -0.2) is 4.79 Å². The smallest absolute Gasteiger partial charge is 0.359 e. The first kappa shape index (κ1) is 15.0. The van der Waals surface area contributed by atoms with Crippen LogP contribution < -0.4 is 0 Å². The Morgan fingerprint density at radius 3 is 2.54 bits per heavy atom. The summed E-state index contributed by atoms with van der Waals surface area (Å²) >= 11 is 0. The van der Waals surface area contributed by atoms with Gasteiger partial charge in [0.25, 0.3) is 0 Å². The van der Waals surface area contributed by atoms with Crippen molar-refractivity contribution >= 4 is 16.9 Å². The molecule has 1 N–H and O–H groups in total. The van der Waals surface area contributed by atoms with Gasteiger partial charge >= 0.3 is 5.97 Å². The minimum absolute atomic E-state index is 0.0531. The summed E-state index contributed by atoms with van der Waals surface area (Å²) < 4.78 is 6.69. The maximum absolute atomic E-state index is 12.4. The number of hydrogen-bond acceptors (Lipinski definition) is 3. The van der Waals surface area contributed by atoms with Crippen LogP contribution in [0.4, 0.5) is 0 Å². The molecule has 0 saturated carbocycles. The lowest BCUT2D eigenvalue weighted by Gasteiger charge is -2.23. The number of aromatic nitrogens is 1. The molecule has 4 heteroatoms. The number of fused-ring (bicyclic) bond motifs is 3. The van der Waals surface area contributed by atoms with Gasteiger partial charge in [0.15, 0.2) is 0 Å². The first-order valence-electron chi connectivity index (χ1n) is 8.04. The molecule has 24 heavy (non-hydrogen) atoms. The number of hydrogen-bond donors (Lipinski definition) is 1. The molecule has 0 aliphatic carbocycles.